The molecule has 0 radical (unpaired) electrons. The Morgan fingerprint density at radius 3 is 2.36 bits per heavy atom. The largest absolute Gasteiger partial charge is 0.491 e. The summed E-state index contributed by atoms with van der Waals surface area (Å²) < 4.78 is 10.6. The van der Waals surface area contributed by atoms with E-state index < -0.39 is 30.7 Å². The number of aryl methyl sites for hydroxylation is 1. The predicted octanol–water partition coefficient (Wildman–Crippen LogP) is -0.238. The maximum atomic E-state index is 12.7. The van der Waals surface area contributed by atoms with Gasteiger partial charge in [-0.25, -0.2) is 9.97 Å². The molecule has 2 unspecified atom stereocenters. The number of hydrogen-bond acceptors (Lipinski definition) is 11. The number of ether oxygens (including phenoxy) is 2. The number of nitrogens with two attached hydrogens (primary N) is 3. The number of hydrogen-bond donors (Lipinski definition) is 7. The molecule has 0 aliphatic heterocycles. The Balaban J connectivity index is 1.78. The first kappa shape index (κ1) is 29.0. The fourth-order valence-electron chi connectivity index (χ4n) is 3.04. The molecule has 1 aromatic heterocycles. The van der Waals surface area contributed by atoms with E-state index in [4.69, 9.17) is 48.8 Å². The van der Waals surface area contributed by atoms with Crippen molar-refractivity contribution in [2.45, 2.75) is 31.5 Å². The topological polar surface area (TPSA) is 227 Å². The molecule has 13 nitrogen and oxygen atoms in total. The lowest BCUT2D eigenvalue weighted by Gasteiger charge is -2.20. The van der Waals surface area contributed by atoms with Gasteiger partial charge in [0.25, 0.3) is 5.91 Å². The first-order valence-electron chi connectivity index (χ1n) is 11.1. The highest BCUT2D eigenvalue weighted by Gasteiger charge is 2.24. The number of rotatable bonds is 14. The summed E-state index contributed by atoms with van der Waals surface area (Å²) in [6, 6.07) is 7.32. The maximum absolute atomic E-state index is 12.7. The predicted molar refractivity (Wildman–Crippen MR) is 134 cm³/mol. The van der Waals surface area contributed by atoms with Crippen molar-refractivity contribution >= 4 is 35.1 Å². The lowest BCUT2D eigenvalue weighted by molar-refractivity contribution is -0.0337. The lowest BCUT2D eigenvalue weighted by atomic mass is 10.1. The quantitative estimate of drug-likeness (QED) is 0.0966. The monoisotopic (exact) mass is 525 g/mol. The molecule has 2 rings (SSSR count). The second kappa shape index (κ2) is 14.4. The van der Waals surface area contributed by atoms with E-state index in [1.807, 2.05) is 12.1 Å². The zero-order valence-electron chi connectivity index (χ0n) is 19.6. The molecule has 2 atom stereocenters. The lowest BCUT2D eigenvalue weighted by Crippen LogP contribution is -2.42. The molecule has 0 bridgehead atoms. The zero-order chi connectivity index (χ0) is 26.7. The number of carbonyl (C=O) groups excluding carboxylic acids is 1. The van der Waals surface area contributed by atoms with Crippen LogP contribution in [0.1, 0.15) is 28.9 Å². The summed E-state index contributed by atoms with van der Waals surface area (Å²) in [5, 5.41) is 35.3. The number of halogens is 1. The van der Waals surface area contributed by atoms with Gasteiger partial charge in [-0.05, 0) is 37.0 Å². The van der Waals surface area contributed by atoms with E-state index in [0.717, 1.165) is 10.5 Å². The summed E-state index contributed by atoms with van der Waals surface area (Å²) in [5.74, 6) is -0.865. The maximum Gasteiger partial charge on any atom is 0.283 e. The molecular weight excluding hydrogens is 494 g/mol. The van der Waals surface area contributed by atoms with Crippen LogP contribution in [-0.2, 0) is 11.2 Å². The Morgan fingerprint density at radius 1 is 1.06 bits per heavy atom. The average Bonchev–Trinajstić information content (AvgIpc) is 2.84. The summed E-state index contributed by atoms with van der Waals surface area (Å²) >= 11 is 5.84. The van der Waals surface area contributed by atoms with Crippen LogP contribution < -0.4 is 21.9 Å². The second-order valence-corrected chi connectivity index (χ2v) is 8.27. The third-order valence-electron chi connectivity index (χ3n) is 4.94. The number of guanidine groups is 1. The molecule has 0 saturated heterocycles. The number of nitrogen functional groups attached to an aromatic ring is 2. The molecule has 10 N–H and O–H groups in total. The number of nitrogens with one attached hydrogen (secondary N) is 1. The summed E-state index contributed by atoms with van der Waals surface area (Å²) in [4.78, 5) is 21.4. The van der Waals surface area contributed by atoms with Crippen molar-refractivity contribution in [3.05, 3.63) is 40.7 Å². The minimum Gasteiger partial charge on any atom is -0.491 e. The Labute approximate surface area is 213 Å². The number of carbonyl (C=O) groups is 1. The smallest absolute Gasteiger partial charge is 0.283 e. The Kier molecular flexibility index (Phi) is 11.6. The van der Waals surface area contributed by atoms with Crippen molar-refractivity contribution in [2.24, 2.45) is 5.73 Å². The van der Waals surface area contributed by atoms with E-state index in [-0.39, 0.29) is 48.8 Å². The van der Waals surface area contributed by atoms with E-state index in [9.17, 15) is 15.0 Å². The molecule has 198 valence electrons. The van der Waals surface area contributed by atoms with E-state index in [2.05, 4.69) is 9.97 Å². The standard InChI is InChI=1S/C22H32ClN7O6/c23-18-20(25)29-19(24)17(28-18)21(34)30(22(26)27)8-2-1-3-13-4-6-16(7-5-13)36-12-15(33)11-35-10-14(32)9-31/h4-7,14-15,31-33H,1-3,8-12H2,(H3,26,27)(H4,24,25,29). The number of aliphatic hydroxyl groups excluding tert-OH is 3. The van der Waals surface area contributed by atoms with Crippen LogP contribution in [0.5, 0.6) is 5.75 Å². The van der Waals surface area contributed by atoms with Crippen molar-refractivity contribution in [3.8, 4) is 5.75 Å². The number of anilines is 2. The Bertz CT molecular complexity index is 1010. The van der Waals surface area contributed by atoms with Gasteiger partial charge in [-0.15, -0.1) is 0 Å². The van der Waals surface area contributed by atoms with Crippen molar-refractivity contribution in [2.75, 3.05) is 44.4 Å². The van der Waals surface area contributed by atoms with E-state index in [0.29, 0.717) is 25.0 Å². The van der Waals surface area contributed by atoms with Crippen molar-refractivity contribution in [1.82, 2.24) is 14.9 Å². The molecule has 0 spiro atoms. The molecule has 0 aliphatic carbocycles. The van der Waals surface area contributed by atoms with Crippen LogP contribution >= 0.6 is 11.6 Å². The van der Waals surface area contributed by atoms with Gasteiger partial charge in [0.1, 0.15) is 24.6 Å². The SMILES string of the molecule is N=C(N)N(CCCCc1ccc(OCC(O)COCC(O)CO)cc1)C(=O)c1nc(Cl)c(N)nc1N. The average molecular weight is 526 g/mol. The van der Waals surface area contributed by atoms with Crippen molar-refractivity contribution in [3.63, 3.8) is 0 Å². The van der Waals surface area contributed by atoms with Crippen LogP contribution in [0, 0.1) is 5.41 Å². The molecule has 0 fully saturated rings. The Morgan fingerprint density at radius 2 is 1.72 bits per heavy atom. The summed E-state index contributed by atoms with van der Waals surface area (Å²) in [7, 11) is 0. The summed E-state index contributed by atoms with van der Waals surface area (Å²) in [6.07, 6.45) is 0.105. The minimum absolute atomic E-state index is 0.0115. The summed E-state index contributed by atoms with van der Waals surface area (Å²) in [6.45, 7) is -0.321. The number of aromatic nitrogens is 2. The zero-order valence-corrected chi connectivity index (χ0v) is 20.4. The first-order valence-corrected chi connectivity index (χ1v) is 11.5. The highest BCUT2D eigenvalue weighted by molar-refractivity contribution is 6.31. The van der Waals surface area contributed by atoms with Gasteiger partial charge in [-0.3, -0.25) is 15.1 Å². The van der Waals surface area contributed by atoms with Gasteiger partial charge in [0, 0.05) is 6.54 Å². The van der Waals surface area contributed by atoms with Crippen LogP contribution in [0.4, 0.5) is 11.6 Å². The Hall–Kier alpha value is -3.23. The number of unbranched alkanes of at least 4 members (excludes halogenated alkanes) is 1. The minimum atomic E-state index is -0.979. The van der Waals surface area contributed by atoms with Gasteiger partial charge in [0.15, 0.2) is 28.4 Å². The molecule has 1 amide bonds. The van der Waals surface area contributed by atoms with Crippen LogP contribution in [0.15, 0.2) is 24.3 Å². The van der Waals surface area contributed by atoms with Gasteiger partial charge in [0.05, 0.1) is 19.8 Å². The normalized spacial score (nSPS) is 12.7. The summed E-state index contributed by atoms with van der Waals surface area (Å²) in [5.41, 5.74) is 17.7. The second-order valence-electron chi connectivity index (χ2n) is 7.92. The molecule has 36 heavy (non-hydrogen) atoms. The molecule has 1 heterocycles. The van der Waals surface area contributed by atoms with E-state index in [1.165, 1.54) is 0 Å². The van der Waals surface area contributed by atoms with Gasteiger partial charge < -0.3 is 42.0 Å². The first-order chi connectivity index (χ1) is 17.1. The molecule has 0 saturated carbocycles. The highest BCUT2D eigenvalue weighted by atomic mass is 35.5. The number of benzene rings is 1. The van der Waals surface area contributed by atoms with Crippen molar-refractivity contribution < 1.29 is 29.6 Å². The third-order valence-corrected chi connectivity index (χ3v) is 5.22. The van der Waals surface area contributed by atoms with Gasteiger partial charge in [0.2, 0.25) is 0 Å². The molecule has 14 heteroatoms. The fourth-order valence-corrected chi connectivity index (χ4v) is 3.17. The van der Waals surface area contributed by atoms with Crippen LogP contribution in [0.2, 0.25) is 5.15 Å². The fraction of sp³-hybridized carbons (Fsp3) is 0.455. The molecule has 0 aliphatic rings. The van der Waals surface area contributed by atoms with E-state index >= 15 is 0 Å². The molecule has 2 aromatic rings. The van der Waals surface area contributed by atoms with Crippen LogP contribution in [0.3, 0.4) is 0 Å². The van der Waals surface area contributed by atoms with Crippen molar-refractivity contribution in [1.29, 1.82) is 5.41 Å². The van der Waals surface area contributed by atoms with Gasteiger partial charge >= 0.3 is 0 Å². The molecule has 1 aromatic carbocycles. The highest BCUT2D eigenvalue weighted by Crippen LogP contribution is 2.19. The number of nitrogens with zero attached hydrogens (tertiary/aromatic N) is 3. The van der Waals surface area contributed by atoms with Gasteiger partial charge in [-0.2, -0.15) is 0 Å². The van der Waals surface area contributed by atoms with Gasteiger partial charge in [-0.1, -0.05) is 23.7 Å². The number of aliphatic hydroxyl groups is 3. The number of amides is 1. The van der Waals surface area contributed by atoms with Crippen LogP contribution in [0.25, 0.3) is 0 Å². The molecular formula is C22H32ClN7O6. The third kappa shape index (κ3) is 9.09. The van der Waals surface area contributed by atoms with E-state index in [1.54, 1.807) is 12.1 Å². The van der Waals surface area contributed by atoms with Crippen LogP contribution in [-0.4, -0.2) is 87.2 Å².